The molecule has 0 amide bonds. The molecule has 0 bridgehead atoms. The normalized spacial score (nSPS) is 15.6. The lowest BCUT2D eigenvalue weighted by molar-refractivity contribution is 0.761. The number of anilines is 1. The van der Waals surface area contributed by atoms with E-state index in [1.807, 2.05) is 12.1 Å². The summed E-state index contributed by atoms with van der Waals surface area (Å²) in [5, 5.41) is 0. The predicted molar refractivity (Wildman–Crippen MR) is 59.6 cm³/mol. The van der Waals surface area contributed by atoms with Crippen molar-refractivity contribution in [1.29, 1.82) is 0 Å². The monoisotopic (exact) mass is 200 g/mol. The second kappa shape index (κ2) is 3.60. The Morgan fingerprint density at radius 3 is 2.17 bits per heavy atom. The van der Waals surface area contributed by atoms with Crippen LogP contribution in [0.1, 0.15) is 5.56 Å². The van der Waals surface area contributed by atoms with Gasteiger partial charge in [-0.25, -0.2) is 0 Å². The molecule has 1 aromatic rings. The first-order valence-electron chi connectivity index (χ1n) is 3.54. The van der Waals surface area contributed by atoms with Gasteiger partial charge in [0.1, 0.15) is 0 Å². The molecule has 4 N–H and O–H groups in total. The lowest BCUT2D eigenvalue weighted by atomic mass is 10.1. The van der Waals surface area contributed by atoms with Crippen LogP contribution in [-0.4, -0.2) is 5.75 Å². The van der Waals surface area contributed by atoms with E-state index >= 15 is 0 Å². The molecule has 0 heterocycles. The highest BCUT2D eigenvalue weighted by molar-refractivity contribution is 7.85. The SMILES string of the molecule is Nc1ccc(C(N)(S)CS)cc1. The van der Waals surface area contributed by atoms with Gasteiger partial charge in [-0.05, 0) is 17.7 Å². The second-order valence-electron chi connectivity index (χ2n) is 2.70. The van der Waals surface area contributed by atoms with Crippen LogP contribution in [0.4, 0.5) is 5.69 Å². The van der Waals surface area contributed by atoms with E-state index in [0.29, 0.717) is 5.75 Å². The molecule has 0 aromatic heterocycles. The van der Waals surface area contributed by atoms with Crippen molar-refractivity contribution in [2.75, 3.05) is 11.5 Å². The molecule has 1 aromatic carbocycles. The van der Waals surface area contributed by atoms with Crippen LogP contribution in [0.25, 0.3) is 0 Å². The van der Waals surface area contributed by atoms with Crippen molar-refractivity contribution in [3.05, 3.63) is 29.8 Å². The molecule has 2 nitrogen and oxygen atoms in total. The molecule has 1 rings (SSSR count). The molecular formula is C8H12N2S2. The minimum absolute atomic E-state index is 0.486. The minimum Gasteiger partial charge on any atom is -0.399 e. The standard InChI is InChI=1S/C8H12N2S2/c9-7-3-1-6(2-4-7)8(10,12)5-11/h1-4,11-12H,5,9-10H2. The number of rotatable bonds is 2. The molecule has 4 heteroatoms. The summed E-state index contributed by atoms with van der Waals surface area (Å²) in [6, 6.07) is 7.32. The lowest BCUT2D eigenvalue weighted by Crippen LogP contribution is -2.32. The van der Waals surface area contributed by atoms with Gasteiger partial charge < -0.3 is 11.5 Å². The number of nitrogen functional groups attached to an aromatic ring is 1. The average molecular weight is 200 g/mol. The molecule has 66 valence electrons. The van der Waals surface area contributed by atoms with Gasteiger partial charge in [0, 0.05) is 11.4 Å². The third-order valence-corrected chi connectivity index (χ3v) is 2.82. The van der Waals surface area contributed by atoms with E-state index in [0.717, 1.165) is 11.3 Å². The second-order valence-corrected chi connectivity index (χ2v) is 3.82. The molecule has 0 spiro atoms. The Hall–Kier alpha value is -0.320. The van der Waals surface area contributed by atoms with E-state index in [9.17, 15) is 0 Å². The molecule has 0 aliphatic heterocycles. The minimum atomic E-state index is -0.670. The highest BCUT2D eigenvalue weighted by Crippen LogP contribution is 2.24. The largest absolute Gasteiger partial charge is 0.399 e. The van der Waals surface area contributed by atoms with Gasteiger partial charge in [-0.3, -0.25) is 0 Å². The van der Waals surface area contributed by atoms with Gasteiger partial charge in [-0.1, -0.05) is 12.1 Å². The maximum atomic E-state index is 5.83. The molecule has 0 aliphatic rings. The van der Waals surface area contributed by atoms with Gasteiger partial charge in [0.05, 0.1) is 4.87 Å². The number of thiol groups is 2. The average Bonchev–Trinajstić information content (AvgIpc) is 2.05. The van der Waals surface area contributed by atoms with Gasteiger partial charge in [-0.15, -0.1) is 0 Å². The topological polar surface area (TPSA) is 52.0 Å². The fourth-order valence-electron chi connectivity index (χ4n) is 0.863. The highest BCUT2D eigenvalue weighted by atomic mass is 32.1. The Morgan fingerprint density at radius 2 is 1.75 bits per heavy atom. The van der Waals surface area contributed by atoms with E-state index in [-0.39, 0.29) is 0 Å². The molecule has 12 heavy (non-hydrogen) atoms. The first-order chi connectivity index (χ1) is 5.56. The van der Waals surface area contributed by atoms with Gasteiger partial charge in [-0.2, -0.15) is 25.3 Å². The van der Waals surface area contributed by atoms with Gasteiger partial charge in [0.15, 0.2) is 0 Å². The summed E-state index contributed by atoms with van der Waals surface area (Å²) in [5.41, 5.74) is 13.0. The Bertz CT molecular complexity index is 256. The van der Waals surface area contributed by atoms with Crippen LogP contribution in [0.2, 0.25) is 0 Å². The number of nitrogens with two attached hydrogens (primary N) is 2. The number of benzene rings is 1. The molecule has 1 unspecified atom stereocenters. The van der Waals surface area contributed by atoms with Crippen LogP contribution in [0.3, 0.4) is 0 Å². The quantitative estimate of drug-likeness (QED) is 0.330. The summed E-state index contributed by atoms with van der Waals surface area (Å²) >= 11 is 8.38. The van der Waals surface area contributed by atoms with Crippen LogP contribution in [0, 0.1) is 0 Å². The molecule has 0 aliphatic carbocycles. The molecule has 1 atom stereocenters. The van der Waals surface area contributed by atoms with Crippen LogP contribution >= 0.6 is 25.3 Å². The van der Waals surface area contributed by atoms with Crippen LogP contribution in [0.15, 0.2) is 24.3 Å². The Kier molecular flexibility index (Phi) is 2.93. The van der Waals surface area contributed by atoms with Crippen molar-refractivity contribution >= 4 is 30.9 Å². The van der Waals surface area contributed by atoms with Crippen molar-refractivity contribution in [2.45, 2.75) is 4.87 Å². The third-order valence-electron chi connectivity index (χ3n) is 1.65. The number of hydrogen-bond donors (Lipinski definition) is 4. The van der Waals surface area contributed by atoms with Crippen LogP contribution < -0.4 is 11.5 Å². The molecule has 0 radical (unpaired) electrons. The Morgan fingerprint density at radius 1 is 1.25 bits per heavy atom. The molecule has 0 saturated carbocycles. The first-order valence-corrected chi connectivity index (χ1v) is 4.62. The maximum absolute atomic E-state index is 5.83. The first kappa shape index (κ1) is 9.77. The third kappa shape index (κ3) is 2.09. The van der Waals surface area contributed by atoms with Crippen LogP contribution in [0.5, 0.6) is 0 Å². The Balaban J connectivity index is 2.96. The summed E-state index contributed by atoms with van der Waals surface area (Å²) in [4.78, 5) is -0.670. The van der Waals surface area contributed by atoms with E-state index < -0.39 is 4.87 Å². The molecular weight excluding hydrogens is 188 g/mol. The van der Waals surface area contributed by atoms with Crippen molar-refractivity contribution in [3.8, 4) is 0 Å². The van der Waals surface area contributed by atoms with Crippen molar-refractivity contribution in [1.82, 2.24) is 0 Å². The zero-order valence-electron chi connectivity index (χ0n) is 6.57. The van der Waals surface area contributed by atoms with Crippen LogP contribution in [-0.2, 0) is 4.87 Å². The van der Waals surface area contributed by atoms with Crippen molar-refractivity contribution in [3.63, 3.8) is 0 Å². The lowest BCUT2D eigenvalue weighted by Gasteiger charge is -2.21. The van der Waals surface area contributed by atoms with E-state index in [1.54, 1.807) is 12.1 Å². The fourth-order valence-corrected chi connectivity index (χ4v) is 1.19. The number of hydrogen-bond acceptors (Lipinski definition) is 4. The molecule has 0 fully saturated rings. The zero-order chi connectivity index (χ0) is 9.19. The maximum Gasteiger partial charge on any atom is 0.0936 e. The summed E-state index contributed by atoms with van der Waals surface area (Å²) in [6.07, 6.45) is 0. The summed E-state index contributed by atoms with van der Waals surface area (Å²) in [6.45, 7) is 0. The Labute approximate surface area is 83.2 Å². The highest BCUT2D eigenvalue weighted by Gasteiger charge is 2.19. The summed E-state index contributed by atoms with van der Waals surface area (Å²) in [5.74, 6) is 0.486. The van der Waals surface area contributed by atoms with Crippen molar-refractivity contribution < 1.29 is 0 Å². The molecule has 0 saturated heterocycles. The van der Waals surface area contributed by atoms with E-state index in [1.165, 1.54) is 0 Å². The van der Waals surface area contributed by atoms with E-state index in [2.05, 4.69) is 25.3 Å². The smallest absolute Gasteiger partial charge is 0.0936 e. The predicted octanol–water partition coefficient (Wildman–Crippen LogP) is 1.24. The summed E-state index contributed by atoms with van der Waals surface area (Å²) in [7, 11) is 0. The van der Waals surface area contributed by atoms with E-state index in [4.69, 9.17) is 11.5 Å². The van der Waals surface area contributed by atoms with Gasteiger partial charge >= 0.3 is 0 Å². The van der Waals surface area contributed by atoms with Gasteiger partial charge in [0.2, 0.25) is 0 Å². The van der Waals surface area contributed by atoms with Gasteiger partial charge in [0.25, 0.3) is 0 Å². The summed E-state index contributed by atoms with van der Waals surface area (Å²) < 4.78 is 0. The zero-order valence-corrected chi connectivity index (χ0v) is 8.35. The fraction of sp³-hybridized carbons (Fsp3) is 0.250. The van der Waals surface area contributed by atoms with Crippen molar-refractivity contribution in [2.24, 2.45) is 5.73 Å².